The van der Waals surface area contributed by atoms with Gasteiger partial charge in [0, 0.05) is 6.61 Å². The van der Waals surface area contributed by atoms with Gasteiger partial charge in [0.05, 0.1) is 18.5 Å². The third-order valence-corrected chi connectivity index (χ3v) is 3.60. The number of hydrogen-bond donors (Lipinski definition) is 3. The summed E-state index contributed by atoms with van der Waals surface area (Å²) in [6.07, 6.45) is 3.84. The van der Waals surface area contributed by atoms with Gasteiger partial charge in [0.2, 0.25) is 0 Å². The maximum atomic E-state index is 10.1. The molecule has 0 amide bonds. The fourth-order valence-electron chi connectivity index (χ4n) is 2.65. The number of rotatable bonds is 2. The summed E-state index contributed by atoms with van der Waals surface area (Å²) in [5.41, 5.74) is 6.91. The van der Waals surface area contributed by atoms with Crippen molar-refractivity contribution < 1.29 is 10.2 Å². The number of hydrogen-bond acceptors (Lipinski definition) is 6. The zero-order chi connectivity index (χ0) is 12.7. The molecule has 1 saturated carbocycles. The standard InChI is InChI=1S/C11H15N5O2/c12-10-9-11(14-4-13-10)16(5-15-9)7-1-6(3-17)2-8(7)18/h4-8,17-18H,1-3H2,(H2,12,13,14)/t6-,7+,8-/m0/s1. The van der Waals surface area contributed by atoms with E-state index in [-0.39, 0.29) is 18.6 Å². The second-order valence-electron chi connectivity index (χ2n) is 4.74. The van der Waals surface area contributed by atoms with E-state index in [2.05, 4.69) is 15.0 Å². The van der Waals surface area contributed by atoms with Crippen LogP contribution in [0.15, 0.2) is 12.7 Å². The number of nitrogens with zero attached hydrogens (tertiary/aromatic N) is 4. The van der Waals surface area contributed by atoms with E-state index >= 15 is 0 Å². The second-order valence-corrected chi connectivity index (χ2v) is 4.74. The summed E-state index contributed by atoms with van der Waals surface area (Å²) in [6, 6.07) is -0.110. The number of aliphatic hydroxyl groups excluding tert-OH is 2. The molecule has 0 unspecified atom stereocenters. The summed E-state index contributed by atoms with van der Waals surface area (Å²) in [6.45, 7) is 0.0946. The van der Waals surface area contributed by atoms with Crippen LogP contribution in [0, 0.1) is 5.92 Å². The van der Waals surface area contributed by atoms with Gasteiger partial charge in [0.1, 0.15) is 11.8 Å². The van der Waals surface area contributed by atoms with E-state index in [0.29, 0.717) is 29.8 Å². The van der Waals surface area contributed by atoms with Crippen LogP contribution in [0.5, 0.6) is 0 Å². The van der Waals surface area contributed by atoms with Gasteiger partial charge >= 0.3 is 0 Å². The molecule has 3 atom stereocenters. The second kappa shape index (κ2) is 4.18. The predicted molar refractivity (Wildman–Crippen MR) is 64.6 cm³/mol. The Morgan fingerprint density at radius 2 is 2.17 bits per heavy atom. The number of imidazole rings is 1. The Kier molecular flexibility index (Phi) is 2.64. The molecule has 1 fully saturated rings. The van der Waals surface area contributed by atoms with Crippen LogP contribution >= 0.6 is 0 Å². The van der Waals surface area contributed by atoms with Gasteiger partial charge in [-0.25, -0.2) is 15.0 Å². The fourth-order valence-corrected chi connectivity index (χ4v) is 2.65. The Bertz CT molecular complexity index is 570. The maximum Gasteiger partial charge on any atom is 0.165 e. The molecule has 1 aliphatic carbocycles. The number of anilines is 1. The molecule has 7 nitrogen and oxygen atoms in total. The number of fused-ring (bicyclic) bond motifs is 1. The van der Waals surface area contributed by atoms with Crippen molar-refractivity contribution in [3.8, 4) is 0 Å². The van der Waals surface area contributed by atoms with Crippen molar-refractivity contribution in [3.05, 3.63) is 12.7 Å². The van der Waals surface area contributed by atoms with Crippen LogP contribution in [0.4, 0.5) is 5.82 Å². The summed E-state index contributed by atoms with van der Waals surface area (Å²) in [5.74, 6) is 0.464. The highest BCUT2D eigenvalue weighted by atomic mass is 16.3. The van der Waals surface area contributed by atoms with E-state index in [9.17, 15) is 10.2 Å². The molecular weight excluding hydrogens is 234 g/mol. The summed E-state index contributed by atoms with van der Waals surface area (Å²) in [7, 11) is 0. The lowest BCUT2D eigenvalue weighted by atomic mass is 10.1. The smallest absolute Gasteiger partial charge is 0.165 e. The molecule has 2 aromatic heterocycles. The van der Waals surface area contributed by atoms with Gasteiger partial charge in [0.15, 0.2) is 11.5 Å². The Balaban J connectivity index is 2.02. The maximum absolute atomic E-state index is 10.1. The van der Waals surface area contributed by atoms with E-state index in [1.165, 1.54) is 6.33 Å². The van der Waals surface area contributed by atoms with Gasteiger partial charge in [-0.05, 0) is 18.8 Å². The Morgan fingerprint density at radius 3 is 2.89 bits per heavy atom. The molecule has 0 aromatic carbocycles. The summed E-state index contributed by atoms with van der Waals surface area (Å²) in [4.78, 5) is 12.2. The fraction of sp³-hybridized carbons (Fsp3) is 0.545. The van der Waals surface area contributed by atoms with Crippen LogP contribution in [-0.2, 0) is 0 Å². The van der Waals surface area contributed by atoms with Gasteiger partial charge in [-0.15, -0.1) is 0 Å². The van der Waals surface area contributed by atoms with Crippen molar-refractivity contribution >= 4 is 17.0 Å². The molecule has 2 heterocycles. The first-order valence-corrected chi connectivity index (χ1v) is 5.92. The first-order valence-electron chi connectivity index (χ1n) is 5.92. The average Bonchev–Trinajstić information content (AvgIpc) is 2.93. The molecule has 18 heavy (non-hydrogen) atoms. The quantitative estimate of drug-likeness (QED) is 0.674. The Morgan fingerprint density at radius 1 is 1.33 bits per heavy atom. The molecule has 0 spiro atoms. The molecule has 4 N–H and O–H groups in total. The molecular formula is C11H15N5O2. The van der Waals surface area contributed by atoms with Crippen molar-refractivity contribution in [2.24, 2.45) is 5.92 Å². The highest BCUT2D eigenvalue weighted by Gasteiger charge is 2.34. The van der Waals surface area contributed by atoms with Crippen LogP contribution < -0.4 is 5.73 Å². The molecule has 1 aliphatic rings. The van der Waals surface area contributed by atoms with Crippen molar-refractivity contribution in [2.45, 2.75) is 25.0 Å². The van der Waals surface area contributed by atoms with Crippen LogP contribution in [0.3, 0.4) is 0 Å². The molecule has 0 saturated heterocycles. The lowest BCUT2D eigenvalue weighted by Gasteiger charge is -2.16. The van der Waals surface area contributed by atoms with Gasteiger partial charge in [-0.2, -0.15) is 0 Å². The molecule has 2 aromatic rings. The van der Waals surface area contributed by atoms with Crippen LogP contribution in [0.25, 0.3) is 11.2 Å². The minimum atomic E-state index is -0.490. The molecule has 7 heteroatoms. The third-order valence-electron chi connectivity index (χ3n) is 3.60. The summed E-state index contributed by atoms with van der Waals surface area (Å²) in [5, 5.41) is 19.2. The summed E-state index contributed by atoms with van der Waals surface area (Å²) < 4.78 is 1.83. The van der Waals surface area contributed by atoms with Gasteiger partial charge in [-0.1, -0.05) is 0 Å². The zero-order valence-electron chi connectivity index (χ0n) is 9.77. The topological polar surface area (TPSA) is 110 Å². The predicted octanol–water partition coefficient (Wildman–Crippen LogP) is -0.287. The van der Waals surface area contributed by atoms with Crippen molar-refractivity contribution in [1.29, 1.82) is 0 Å². The number of aliphatic hydroxyl groups is 2. The van der Waals surface area contributed by atoms with Gasteiger partial charge in [-0.3, -0.25) is 0 Å². The largest absolute Gasteiger partial charge is 0.396 e. The minimum Gasteiger partial charge on any atom is -0.396 e. The van der Waals surface area contributed by atoms with E-state index < -0.39 is 6.10 Å². The normalized spacial score (nSPS) is 28.0. The van der Waals surface area contributed by atoms with E-state index in [4.69, 9.17) is 5.73 Å². The van der Waals surface area contributed by atoms with Gasteiger partial charge < -0.3 is 20.5 Å². The molecule has 0 bridgehead atoms. The lowest BCUT2D eigenvalue weighted by molar-refractivity contribution is 0.132. The molecule has 0 aliphatic heterocycles. The van der Waals surface area contributed by atoms with Gasteiger partial charge in [0.25, 0.3) is 0 Å². The van der Waals surface area contributed by atoms with E-state index in [1.54, 1.807) is 6.33 Å². The van der Waals surface area contributed by atoms with Crippen LogP contribution in [0.1, 0.15) is 18.9 Å². The first-order chi connectivity index (χ1) is 8.70. The molecule has 0 radical (unpaired) electrons. The average molecular weight is 249 g/mol. The highest BCUT2D eigenvalue weighted by molar-refractivity contribution is 5.81. The first kappa shape index (κ1) is 11.4. The number of aromatic nitrogens is 4. The Hall–Kier alpha value is -1.73. The zero-order valence-corrected chi connectivity index (χ0v) is 9.77. The van der Waals surface area contributed by atoms with E-state index in [0.717, 1.165) is 0 Å². The van der Waals surface area contributed by atoms with Crippen molar-refractivity contribution in [3.63, 3.8) is 0 Å². The SMILES string of the molecule is Nc1ncnc2c1ncn2[C@@H]1C[C@H](CO)C[C@@H]1O. The number of nitrogen functional groups attached to an aromatic ring is 1. The Labute approximate surface area is 103 Å². The third kappa shape index (κ3) is 1.63. The van der Waals surface area contributed by atoms with Crippen molar-refractivity contribution in [2.75, 3.05) is 12.3 Å². The molecule has 96 valence electrons. The highest BCUT2D eigenvalue weighted by Crippen LogP contribution is 2.36. The van der Waals surface area contributed by atoms with E-state index in [1.807, 2.05) is 4.57 Å². The number of nitrogens with two attached hydrogens (primary N) is 1. The minimum absolute atomic E-state index is 0.0946. The van der Waals surface area contributed by atoms with Crippen LogP contribution in [0.2, 0.25) is 0 Å². The van der Waals surface area contributed by atoms with Crippen LogP contribution in [-0.4, -0.2) is 42.4 Å². The summed E-state index contributed by atoms with van der Waals surface area (Å²) >= 11 is 0. The van der Waals surface area contributed by atoms with Crippen molar-refractivity contribution in [1.82, 2.24) is 19.5 Å². The lowest BCUT2D eigenvalue weighted by Crippen LogP contribution is -2.17. The molecule has 3 rings (SSSR count). The monoisotopic (exact) mass is 249 g/mol.